The van der Waals surface area contributed by atoms with Crippen LogP contribution in [0.15, 0.2) is 42.7 Å². The van der Waals surface area contributed by atoms with Crippen molar-refractivity contribution in [2.45, 2.75) is 39.2 Å². The lowest BCUT2D eigenvalue weighted by atomic mass is 9.86. The van der Waals surface area contributed by atoms with Gasteiger partial charge in [0.15, 0.2) is 11.5 Å². The molecule has 0 unspecified atom stereocenters. The molecular formula is C21H21N7O2. The standard InChI is InChI=1S/C21H21N7O2/c1-12(2)30-15-6-4-14(5-7-15)16-10-19(29)23-21-20(16)13(3)25-28(21)18-9-8-17-24-22-11-27(17)26-18/h4-9,11-12,16H,10H2,1-3H3,(H,23,29)/t16-/m0/s1. The van der Waals surface area contributed by atoms with Crippen molar-refractivity contribution in [2.75, 3.05) is 5.32 Å². The van der Waals surface area contributed by atoms with Crippen LogP contribution < -0.4 is 10.1 Å². The molecule has 152 valence electrons. The molecule has 1 amide bonds. The molecule has 1 atom stereocenters. The fourth-order valence-electron chi connectivity index (χ4n) is 3.88. The summed E-state index contributed by atoms with van der Waals surface area (Å²) in [5, 5.41) is 20.0. The quantitative estimate of drug-likeness (QED) is 0.562. The van der Waals surface area contributed by atoms with E-state index in [0.717, 1.165) is 22.6 Å². The van der Waals surface area contributed by atoms with Crippen LogP contribution in [0.4, 0.5) is 5.82 Å². The maximum Gasteiger partial charge on any atom is 0.226 e. The second-order valence-electron chi connectivity index (χ2n) is 7.63. The average Bonchev–Trinajstić information content (AvgIpc) is 3.31. The third-order valence-corrected chi connectivity index (χ3v) is 5.12. The number of benzene rings is 1. The number of rotatable bonds is 4. The number of nitrogens with zero attached hydrogens (tertiary/aromatic N) is 6. The molecule has 0 bridgehead atoms. The zero-order valence-electron chi connectivity index (χ0n) is 16.9. The van der Waals surface area contributed by atoms with Crippen molar-refractivity contribution < 1.29 is 9.53 Å². The van der Waals surface area contributed by atoms with Gasteiger partial charge in [0, 0.05) is 17.9 Å². The molecule has 0 radical (unpaired) electrons. The van der Waals surface area contributed by atoms with Crippen LogP contribution in [0.1, 0.15) is 43.0 Å². The Labute approximate surface area is 172 Å². The topological polar surface area (TPSA) is 99.2 Å². The Morgan fingerprint density at radius 2 is 1.93 bits per heavy atom. The molecule has 0 saturated carbocycles. The second kappa shape index (κ2) is 6.94. The van der Waals surface area contributed by atoms with E-state index in [4.69, 9.17) is 4.74 Å². The number of carbonyl (C=O) groups excluding carboxylic acids is 1. The van der Waals surface area contributed by atoms with Crippen molar-refractivity contribution in [3.63, 3.8) is 0 Å². The molecule has 0 saturated heterocycles. The Morgan fingerprint density at radius 3 is 2.70 bits per heavy atom. The van der Waals surface area contributed by atoms with Gasteiger partial charge in [-0.1, -0.05) is 12.1 Å². The molecule has 1 aromatic carbocycles. The third kappa shape index (κ3) is 3.08. The van der Waals surface area contributed by atoms with Crippen LogP contribution in [0.2, 0.25) is 0 Å². The first-order valence-corrected chi connectivity index (χ1v) is 9.83. The Balaban J connectivity index is 1.57. The lowest BCUT2D eigenvalue weighted by molar-refractivity contribution is -0.116. The van der Waals surface area contributed by atoms with Gasteiger partial charge in [0.1, 0.15) is 17.9 Å². The van der Waals surface area contributed by atoms with Crippen LogP contribution in [0.3, 0.4) is 0 Å². The summed E-state index contributed by atoms with van der Waals surface area (Å²) in [4.78, 5) is 12.6. The van der Waals surface area contributed by atoms with Crippen molar-refractivity contribution in [3.05, 3.63) is 59.5 Å². The molecule has 1 aliphatic rings. The summed E-state index contributed by atoms with van der Waals surface area (Å²) in [7, 11) is 0. The predicted molar refractivity (Wildman–Crippen MR) is 110 cm³/mol. The summed E-state index contributed by atoms with van der Waals surface area (Å²) in [5.41, 5.74) is 3.54. The van der Waals surface area contributed by atoms with Crippen LogP contribution in [0, 0.1) is 6.92 Å². The van der Waals surface area contributed by atoms with Gasteiger partial charge in [-0.15, -0.1) is 15.3 Å². The lowest BCUT2D eigenvalue weighted by Gasteiger charge is -2.24. The number of amides is 1. The van der Waals surface area contributed by atoms with Gasteiger partial charge >= 0.3 is 0 Å². The number of carbonyl (C=O) groups is 1. The molecule has 0 fully saturated rings. The summed E-state index contributed by atoms with van der Waals surface area (Å²) in [6.45, 7) is 5.94. The number of nitrogens with one attached hydrogen (secondary N) is 1. The van der Waals surface area contributed by atoms with Gasteiger partial charge in [0.2, 0.25) is 5.91 Å². The third-order valence-electron chi connectivity index (χ3n) is 5.12. The lowest BCUT2D eigenvalue weighted by Crippen LogP contribution is -2.25. The van der Waals surface area contributed by atoms with E-state index >= 15 is 0 Å². The van der Waals surface area contributed by atoms with Crippen LogP contribution >= 0.6 is 0 Å². The van der Waals surface area contributed by atoms with Crippen molar-refractivity contribution in [3.8, 4) is 11.6 Å². The highest BCUT2D eigenvalue weighted by atomic mass is 16.5. The second-order valence-corrected chi connectivity index (χ2v) is 7.63. The zero-order chi connectivity index (χ0) is 20.8. The fourth-order valence-corrected chi connectivity index (χ4v) is 3.88. The number of fused-ring (bicyclic) bond motifs is 2. The monoisotopic (exact) mass is 403 g/mol. The first-order chi connectivity index (χ1) is 14.5. The van der Waals surface area contributed by atoms with E-state index in [1.54, 1.807) is 9.20 Å². The number of hydrogen-bond acceptors (Lipinski definition) is 6. The van der Waals surface area contributed by atoms with Crippen molar-refractivity contribution in [1.82, 2.24) is 29.6 Å². The smallest absolute Gasteiger partial charge is 0.226 e. The van der Waals surface area contributed by atoms with E-state index in [0.29, 0.717) is 23.7 Å². The van der Waals surface area contributed by atoms with E-state index < -0.39 is 0 Å². The molecular weight excluding hydrogens is 382 g/mol. The van der Waals surface area contributed by atoms with E-state index in [-0.39, 0.29) is 17.9 Å². The Bertz CT molecular complexity index is 1240. The molecule has 0 aliphatic carbocycles. The molecule has 3 aromatic heterocycles. The van der Waals surface area contributed by atoms with Gasteiger partial charge in [-0.2, -0.15) is 14.3 Å². The number of anilines is 1. The maximum atomic E-state index is 12.6. The summed E-state index contributed by atoms with van der Waals surface area (Å²) in [6.07, 6.45) is 2.00. The fraction of sp³-hybridized carbons (Fsp3) is 0.286. The Hall–Kier alpha value is -3.75. The molecule has 5 rings (SSSR count). The minimum Gasteiger partial charge on any atom is -0.491 e. The molecule has 1 aliphatic heterocycles. The largest absolute Gasteiger partial charge is 0.491 e. The summed E-state index contributed by atoms with van der Waals surface area (Å²) in [6, 6.07) is 11.6. The molecule has 9 heteroatoms. The molecule has 0 spiro atoms. The minimum atomic E-state index is -0.0887. The van der Waals surface area contributed by atoms with Gasteiger partial charge in [0.25, 0.3) is 0 Å². The molecule has 1 N–H and O–H groups in total. The van der Waals surface area contributed by atoms with Crippen LogP contribution in [0.25, 0.3) is 11.5 Å². The van der Waals surface area contributed by atoms with E-state index in [1.807, 2.05) is 57.2 Å². The highest BCUT2D eigenvalue weighted by Gasteiger charge is 2.33. The van der Waals surface area contributed by atoms with Crippen LogP contribution in [0.5, 0.6) is 5.75 Å². The van der Waals surface area contributed by atoms with E-state index in [9.17, 15) is 4.79 Å². The van der Waals surface area contributed by atoms with Crippen LogP contribution in [-0.2, 0) is 4.79 Å². The molecule has 4 heterocycles. The summed E-state index contributed by atoms with van der Waals surface area (Å²) >= 11 is 0. The van der Waals surface area contributed by atoms with Crippen molar-refractivity contribution in [1.29, 1.82) is 0 Å². The minimum absolute atomic E-state index is 0.0541. The highest BCUT2D eigenvalue weighted by molar-refractivity contribution is 5.95. The van der Waals surface area contributed by atoms with Gasteiger partial charge in [-0.3, -0.25) is 4.79 Å². The molecule has 9 nitrogen and oxygen atoms in total. The first kappa shape index (κ1) is 18.3. The van der Waals surface area contributed by atoms with E-state index in [2.05, 4.69) is 25.7 Å². The van der Waals surface area contributed by atoms with Gasteiger partial charge < -0.3 is 10.1 Å². The predicted octanol–water partition coefficient (Wildman–Crippen LogP) is 2.88. The van der Waals surface area contributed by atoms with Crippen molar-refractivity contribution >= 4 is 17.4 Å². The van der Waals surface area contributed by atoms with Crippen molar-refractivity contribution in [2.24, 2.45) is 0 Å². The average molecular weight is 403 g/mol. The normalized spacial score (nSPS) is 16.0. The number of hydrogen-bond donors (Lipinski definition) is 1. The summed E-state index contributed by atoms with van der Waals surface area (Å²) < 4.78 is 8.99. The molecule has 4 aromatic rings. The van der Waals surface area contributed by atoms with Gasteiger partial charge in [0.05, 0.1) is 11.8 Å². The van der Waals surface area contributed by atoms with Gasteiger partial charge in [-0.05, 0) is 50.6 Å². The van der Waals surface area contributed by atoms with Gasteiger partial charge in [-0.25, -0.2) is 0 Å². The molecule has 30 heavy (non-hydrogen) atoms. The Kier molecular flexibility index (Phi) is 4.23. The zero-order valence-corrected chi connectivity index (χ0v) is 16.9. The maximum absolute atomic E-state index is 12.6. The summed E-state index contributed by atoms with van der Waals surface area (Å²) in [5.74, 6) is 1.90. The Morgan fingerprint density at radius 1 is 1.13 bits per heavy atom. The highest BCUT2D eigenvalue weighted by Crippen LogP contribution is 2.40. The number of aromatic nitrogens is 6. The van der Waals surface area contributed by atoms with E-state index in [1.165, 1.54) is 6.33 Å². The number of ether oxygens (including phenoxy) is 1. The SMILES string of the molecule is Cc1nn(-c2ccc3nncn3n2)c2c1[C@H](c1ccc(OC(C)C)cc1)CC(=O)N2. The van der Waals surface area contributed by atoms with Crippen LogP contribution in [-0.4, -0.2) is 41.6 Å². The first-order valence-electron chi connectivity index (χ1n) is 9.83. The number of aryl methyl sites for hydroxylation is 1.